The fraction of sp³-hybridized carbons (Fsp3) is 0.631. The smallest absolute Gasteiger partial charge is 0.306 e. The Kier molecular flexibility index (Phi) is 56.0. The first kappa shape index (κ1) is 66.0. The van der Waals surface area contributed by atoms with Gasteiger partial charge in [0.25, 0.3) is 0 Å². The molecule has 0 spiro atoms. The number of unbranched alkanes of at least 4 members (excludes halogenated alkanes) is 18. The summed E-state index contributed by atoms with van der Waals surface area (Å²) >= 11 is 0. The zero-order valence-corrected chi connectivity index (χ0v) is 45.5. The molecule has 0 aromatic rings. The minimum atomic E-state index is -0.598. The van der Waals surface area contributed by atoms with Crippen LogP contribution in [0.15, 0.2) is 134 Å². The van der Waals surface area contributed by atoms with Crippen LogP contribution in [-0.4, -0.2) is 37.9 Å². The highest BCUT2D eigenvalue weighted by Gasteiger charge is 2.17. The summed E-state index contributed by atoms with van der Waals surface area (Å²) in [5.41, 5.74) is 0. The number of esters is 2. The number of carbonyl (C=O) groups excluding carboxylic acids is 2. The van der Waals surface area contributed by atoms with Crippen molar-refractivity contribution >= 4 is 11.9 Å². The fourth-order valence-electron chi connectivity index (χ4n) is 7.50. The molecule has 70 heavy (non-hydrogen) atoms. The molecule has 1 unspecified atom stereocenters. The third-order valence-corrected chi connectivity index (χ3v) is 11.7. The molecule has 0 fully saturated rings. The van der Waals surface area contributed by atoms with Gasteiger partial charge in [-0.1, -0.05) is 257 Å². The first-order valence-electron chi connectivity index (χ1n) is 28.7. The molecular weight excluding hydrogens is 861 g/mol. The Balaban J connectivity index is 4.48. The van der Waals surface area contributed by atoms with E-state index in [9.17, 15) is 9.59 Å². The van der Waals surface area contributed by atoms with Gasteiger partial charge in [-0.15, -0.1) is 0 Å². The van der Waals surface area contributed by atoms with Crippen molar-refractivity contribution in [2.75, 3.05) is 19.8 Å². The SMILES string of the molecule is CC/C=C\C/C=C\C/C=C\C/C=C\C/C=C\C/C=C\CCC(=O)OCC(COCCCC/C=C\C/C=C\C/C=C\C/C=C\C/C=C\CC)OC(=O)CCCCCCCCCCCCCCCCCCC. The van der Waals surface area contributed by atoms with Crippen molar-refractivity contribution in [1.82, 2.24) is 0 Å². The number of hydrogen-bond donors (Lipinski definition) is 0. The van der Waals surface area contributed by atoms with E-state index in [1.165, 1.54) is 89.9 Å². The van der Waals surface area contributed by atoms with Gasteiger partial charge in [0.05, 0.1) is 6.61 Å². The highest BCUT2D eigenvalue weighted by molar-refractivity contribution is 5.70. The lowest BCUT2D eigenvalue weighted by atomic mass is 10.0. The van der Waals surface area contributed by atoms with E-state index >= 15 is 0 Å². The van der Waals surface area contributed by atoms with E-state index < -0.39 is 6.10 Å². The van der Waals surface area contributed by atoms with Crippen LogP contribution in [0.1, 0.15) is 239 Å². The standard InChI is InChI=1S/C65H106O5/c1-4-7-10-13-16-19-22-25-28-31-33-35-37-40-43-46-49-52-55-58-64(66)69-62-63(61-68-60-57-54-51-48-45-42-39-36-32-29-26-23-20-17-14-11-8-5-2)70-65(67)59-56-53-50-47-44-41-38-34-30-27-24-21-18-15-12-9-6-3/h7-8,10-11,16-17,19-20,25-26,28-29,33,35-36,39-40,43,45,48-49,52,63H,4-6,9,12-15,18,21-24,27,30-32,34,37-38,41-42,44,46-47,50-51,53-62H2,1-3H3/b10-7-,11-8-,19-16-,20-17-,28-25-,29-26-,35-33-,39-36-,43-40-,48-45-,52-49-. The predicted molar refractivity (Wildman–Crippen MR) is 306 cm³/mol. The second kappa shape index (κ2) is 59.3. The summed E-state index contributed by atoms with van der Waals surface area (Å²) in [7, 11) is 0. The predicted octanol–water partition coefficient (Wildman–Crippen LogP) is 19.9. The van der Waals surface area contributed by atoms with Crippen molar-refractivity contribution in [3.8, 4) is 0 Å². The highest BCUT2D eigenvalue weighted by atomic mass is 16.6. The topological polar surface area (TPSA) is 61.8 Å². The van der Waals surface area contributed by atoms with Gasteiger partial charge in [0.2, 0.25) is 0 Å². The lowest BCUT2D eigenvalue weighted by Crippen LogP contribution is -2.30. The number of hydrogen-bond acceptors (Lipinski definition) is 5. The maximum Gasteiger partial charge on any atom is 0.306 e. The summed E-state index contributed by atoms with van der Waals surface area (Å²) in [5.74, 6) is -0.521. The van der Waals surface area contributed by atoms with E-state index in [0.717, 1.165) is 109 Å². The minimum Gasteiger partial charge on any atom is -0.462 e. The van der Waals surface area contributed by atoms with Crippen molar-refractivity contribution in [2.24, 2.45) is 0 Å². The Morgan fingerprint density at radius 3 is 1.06 bits per heavy atom. The van der Waals surface area contributed by atoms with Gasteiger partial charge < -0.3 is 14.2 Å². The monoisotopic (exact) mass is 967 g/mol. The summed E-state index contributed by atoms with van der Waals surface area (Å²) in [5, 5.41) is 0. The van der Waals surface area contributed by atoms with Crippen molar-refractivity contribution in [3.05, 3.63) is 134 Å². The Labute approximate surface area is 432 Å². The number of ether oxygens (including phenoxy) is 3. The molecule has 0 aromatic heterocycles. The molecule has 0 bridgehead atoms. The lowest BCUT2D eigenvalue weighted by molar-refractivity contribution is -0.162. The molecular formula is C65H106O5. The van der Waals surface area contributed by atoms with Gasteiger partial charge >= 0.3 is 11.9 Å². The Morgan fingerprint density at radius 2 is 0.671 bits per heavy atom. The van der Waals surface area contributed by atoms with Gasteiger partial charge in [0, 0.05) is 19.4 Å². The van der Waals surface area contributed by atoms with Crippen LogP contribution >= 0.6 is 0 Å². The van der Waals surface area contributed by atoms with Crippen molar-refractivity contribution in [1.29, 1.82) is 0 Å². The van der Waals surface area contributed by atoms with E-state index in [1.54, 1.807) is 0 Å². The van der Waals surface area contributed by atoms with Crippen molar-refractivity contribution in [2.45, 2.75) is 245 Å². The van der Waals surface area contributed by atoms with Gasteiger partial charge in [-0.2, -0.15) is 0 Å². The molecule has 0 aliphatic rings. The summed E-state index contributed by atoms with van der Waals surface area (Å²) in [6, 6.07) is 0. The average Bonchev–Trinajstić information content (AvgIpc) is 3.36. The maximum absolute atomic E-state index is 12.9. The molecule has 0 aromatic carbocycles. The van der Waals surface area contributed by atoms with Crippen LogP contribution in [-0.2, 0) is 23.8 Å². The zero-order valence-electron chi connectivity index (χ0n) is 45.5. The molecule has 0 radical (unpaired) electrons. The number of carbonyl (C=O) groups is 2. The van der Waals surface area contributed by atoms with Crippen LogP contribution in [0.2, 0.25) is 0 Å². The lowest BCUT2D eigenvalue weighted by Gasteiger charge is -2.18. The summed E-state index contributed by atoms with van der Waals surface area (Å²) < 4.78 is 17.4. The molecule has 396 valence electrons. The second-order valence-electron chi connectivity index (χ2n) is 18.4. The molecule has 0 aliphatic carbocycles. The summed E-state index contributed by atoms with van der Waals surface area (Å²) in [6.07, 6.45) is 84.9. The first-order chi connectivity index (χ1) is 34.6. The van der Waals surface area contributed by atoms with Gasteiger partial charge in [0.1, 0.15) is 6.61 Å². The van der Waals surface area contributed by atoms with E-state index in [2.05, 4.69) is 148 Å². The summed E-state index contributed by atoms with van der Waals surface area (Å²) in [4.78, 5) is 25.5. The maximum atomic E-state index is 12.9. The van der Waals surface area contributed by atoms with Gasteiger partial charge in [-0.3, -0.25) is 9.59 Å². The van der Waals surface area contributed by atoms with Crippen LogP contribution < -0.4 is 0 Å². The van der Waals surface area contributed by atoms with Crippen LogP contribution in [0.3, 0.4) is 0 Å². The Morgan fingerprint density at radius 1 is 0.329 bits per heavy atom. The van der Waals surface area contributed by atoms with Crippen LogP contribution in [0, 0.1) is 0 Å². The Bertz CT molecular complexity index is 1470. The van der Waals surface area contributed by atoms with Gasteiger partial charge in [0.15, 0.2) is 6.10 Å². The minimum absolute atomic E-state index is 0.0212. The second-order valence-corrected chi connectivity index (χ2v) is 18.4. The van der Waals surface area contributed by atoms with Crippen molar-refractivity contribution < 1.29 is 23.8 Å². The number of rotatable bonds is 51. The van der Waals surface area contributed by atoms with E-state index in [4.69, 9.17) is 14.2 Å². The molecule has 0 saturated heterocycles. The molecule has 0 amide bonds. The number of allylic oxidation sites excluding steroid dienone is 22. The largest absolute Gasteiger partial charge is 0.462 e. The highest BCUT2D eigenvalue weighted by Crippen LogP contribution is 2.15. The average molecular weight is 968 g/mol. The molecule has 5 nitrogen and oxygen atoms in total. The summed E-state index contributed by atoms with van der Waals surface area (Å²) in [6.45, 7) is 7.42. The molecule has 0 saturated carbocycles. The third kappa shape index (κ3) is 56.6. The Hall–Kier alpha value is -3.96. The molecule has 0 aliphatic heterocycles. The van der Waals surface area contributed by atoms with E-state index in [-0.39, 0.29) is 25.2 Å². The normalized spacial score (nSPS) is 13.2. The van der Waals surface area contributed by atoms with Gasteiger partial charge in [-0.05, 0) is 103 Å². The fourth-order valence-corrected chi connectivity index (χ4v) is 7.50. The van der Waals surface area contributed by atoms with E-state index in [1.807, 2.05) is 6.08 Å². The molecule has 1 atom stereocenters. The molecule has 0 heterocycles. The van der Waals surface area contributed by atoms with E-state index in [0.29, 0.717) is 25.9 Å². The molecule has 5 heteroatoms. The van der Waals surface area contributed by atoms with Crippen LogP contribution in [0.25, 0.3) is 0 Å². The molecule has 0 rings (SSSR count). The zero-order chi connectivity index (χ0) is 50.6. The third-order valence-electron chi connectivity index (χ3n) is 11.7. The van der Waals surface area contributed by atoms with Crippen molar-refractivity contribution in [3.63, 3.8) is 0 Å². The first-order valence-corrected chi connectivity index (χ1v) is 28.7. The molecule has 0 N–H and O–H groups in total. The van der Waals surface area contributed by atoms with Crippen LogP contribution in [0.5, 0.6) is 0 Å². The van der Waals surface area contributed by atoms with Crippen LogP contribution in [0.4, 0.5) is 0 Å². The van der Waals surface area contributed by atoms with Gasteiger partial charge in [-0.25, -0.2) is 0 Å². The quantitative estimate of drug-likeness (QED) is 0.0345.